The Morgan fingerprint density at radius 2 is 1.77 bits per heavy atom. The molecule has 0 unspecified atom stereocenters. The molecule has 0 fully saturated rings. The summed E-state index contributed by atoms with van der Waals surface area (Å²) in [7, 11) is -3.88. The van der Waals surface area contributed by atoms with Gasteiger partial charge in [-0.25, -0.2) is 13.2 Å². The Labute approximate surface area is 156 Å². The van der Waals surface area contributed by atoms with E-state index in [-0.39, 0.29) is 15.5 Å². The van der Waals surface area contributed by atoms with E-state index < -0.39 is 16.0 Å². The molecule has 0 atom stereocenters. The second kappa shape index (κ2) is 6.93. The number of aryl methyl sites for hydroxylation is 2. The van der Waals surface area contributed by atoms with Gasteiger partial charge in [-0.15, -0.1) is 11.3 Å². The lowest BCUT2D eigenvalue weighted by Gasteiger charge is -2.09. The van der Waals surface area contributed by atoms with Gasteiger partial charge in [-0.1, -0.05) is 48.0 Å². The largest absolute Gasteiger partial charge is 0.477 e. The van der Waals surface area contributed by atoms with E-state index in [1.54, 1.807) is 31.2 Å². The molecule has 2 N–H and O–H groups in total. The number of rotatable bonds is 5. The van der Waals surface area contributed by atoms with Crippen molar-refractivity contribution in [3.05, 3.63) is 70.6 Å². The molecule has 7 heteroatoms. The summed E-state index contributed by atoms with van der Waals surface area (Å²) < 4.78 is 27.8. The van der Waals surface area contributed by atoms with Crippen LogP contribution in [0.4, 0.5) is 5.69 Å². The van der Waals surface area contributed by atoms with E-state index in [2.05, 4.69) is 4.72 Å². The van der Waals surface area contributed by atoms with Crippen molar-refractivity contribution in [2.24, 2.45) is 0 Å². The van der Waals surface area contributed by atoms with Gasteiger partial charge in [0.2, 0.25) is 0 Å². The van der Waals surface area contributed by atoms with Crippen LogP contribution in [0.2, 0.25) is 0 Å². The van der Waals surface area contributed by atoms with Crippen LogP contribution in [0.25, 0.3) is 10.4 Å². The summed E-state index contributed by atoms with van der Waals surface area (Å²) in [5.74, 6) is -1.17. The first-order valence-electron chi connectivity index (χ1n) is 7.80. The molecule has 0 spiro atoms. The third kappa shape index (κ3) is 3.63. The van der Waals surface area contributed by atoms with Gasteiger partial charge in [0.05, 0.1) is 10.6 Å². The van der Waals surface area contributed by atoms with E-state index in [9.17, 15) is 18.3 Å². The molecule has 0 saturated carbocycles. The standard InChI is InChI=1S/C19H17NO4S2/c1-12-6-5-8-14(10-12)16-11-15(18(25-16)19(21)22)20-26(23,24)17-9-4-3-7-13(17)2/h3-11,20H,1-2H3,(H,21,22). The zero-order chi connectivity index (χ0) is 18.9. The molecule has 0 aliphatic carbocycles. The molecule has 2 aromatic carbocycles. The Morgan fingerprint density at radius 1 is 1.04 bits per heavy atom. The molecular weight excluding hydrogens is 370 g/mol. The number of thiophene rings is 1. The Morgan fingerprint density at radius 3 is 2.42 bits per heavy atom. The summed E-state index contributed by atoms with van der Waals surface area (Å²) in [6.07, 6.45) is 0. The maximum atomic E-state index is 12.7. The molecule has 26 heavy (non-hydrogen) atoms. The zero-order valence-electron chi connectivity index (χ0n) is 14.2. The molecule has 0 amide bonds. The van der Waals surface area contributed by atoms with E-state index in [4.69, 9.17) is 0 Å². The quantitative estimate of drug-likeness (QED) is 0.674. The molecule has 0 aliphatic heterocycles. The van der Waals surface area contributed by atoms with Gasteiger partial charge in [-0.3, -0.25) is 4.72 Å². The fourth-order valence-corrected chi connectivity index (χ4v) is 4.95. The van der Waals surface area contributed by atoms with Crippen molar-refractivity contribution in [2.75, 3.05) is 4.72 Å². The van der Waals surface area contributed by atoms with Gasteiger partial charge in [-0.2, -0.15) is 0 Å². The Bertz CT molecular complexity index is 1080. The molecular formula is C19H17NO4S2. The Hall–Kier alpha value is -2.64. The molecule has 0 radical (unpaired) electrons. The third-order valence-corrected chi connectivity index (χ3v) is 6.55. The Kier molecular flexibility index (Phi) is 4.84. The lowest BCUT2D eigenvalue weighted by Crippen LogP contribution is -2.15. The highest BCUT2D eigenvalue weighted by molar-refractivity contribution is 7.92. The number of hydrogen-bond donors (Lipinski definition) is 2. The van der Waals surface area contributed by atoms with Crippen LogP contribution in [0, 0.1) is 13.8 Å². The SMILES string of the molecule is Cc1cccc(-c2cc(NS(=O)(=O)c3ccccc3C)c(C(=O)O)s2)c1. The molecule has 3 rings (SSSR count). The van der Waals surface area contributed by atoms with Crippen LogP contribution < -0.4 is 4.72 Å². The first-order valence-corrected chi connectivity index (χ1v) is 10.1. The fraction of sp³-hybridized carbons (Fsp3) is 0.105. The van der Waals surface area contributed by atoms with Crippen LogP contribution in [-0.4, -0.2) is 19.5 Å². The number of sulfonamides is 1. The second-order valence-corrected chi connectivity index (χ2v) is 8.60. The van der Waals surface area contributed by atoms with Crippen LogP contribution >= 0.6 is 11.3 Å². The summed E-state index contributed by atoms with van der Waals surface area (Å²) in [6, 6.07) is 15.7. The highest BCUT2D eigenvalue weighted by Crippen LogP contribution is 2.36. The topological polar surface area (TPSA) is 83.5 Å². The summed E-state index contributed by atoms with van der Waals surface area (Å²) in [6.45, 7) is 3.63. The predicted octanol–water partition coefficient (Wildman–Crippen LogP) is 4.53. The molecule has 0 aliphatic rings. The highest BCUT2D eigenvalue weighted by Gasteiger charge is 2.23. The van der Waals surface area contributed by atoms with Crippen LogP contribution in [0.5, 0.6) is 0 Å². The molecule has 3 aromatic rings. The second-order valence-electron chi connectivity index (χ2n) is 5.90. The van der Waals surface area contributed by atoms with Gasteiger partial charge in [-0.05, 0) is 37.1 Å². The summed E-state index contributed by atoms with van der Waals surface area (Å²) in [5, 5.41) is 9.48. The van der Waals surface area contributed by atoms with Crippen molar-refractivity contribution in [1.82, 2.24) is 0 Å². The van der Waals surface area contributed by atoms with E-state index in [1.165, 1.54) is 6.07 Å². The van der Waals surface area contributed by atoms with E-state index >= 15 is 0 Å². The average molecular weight is 387 g/mol. The van der Waals surface area contributed by atoms with Gasteiger partial charge in [0.1, 0.15) is 4.88 Å². The first-order chi connectivity index (χ1) is 12.3. The van der Waals surface area contributed by atoms with Crippen LogP contribution in [0.1, 0.15) is 20.8 Å². The monoisotopic (exact) mass is 387 g/mol. The minimum Gasteiger partial charge on any atom is -0.477 e. The van der Waals surface area contributed by atoms with Crippen molar-refractivity contribution in [1.29, 1.82) is 0 Å². The van der Waals surface area contributed by atoms with Gasteiger partial charge >= 0.3 is 5.97 Å². The van der Waals surface area contributed by atoms with Gasteiger partial charge in [0, 0.05) is 4.88 Å². The molecule has 1 aromatic heterocycles. The first kappa shape index (κ1) is 18.2. The normalized spacial score (nSPS) is 11.3. The van der Waals surface area contributed by atoms with Gasteiger partial charge in [0.15, 0.2) is 0 Å². The van der Waals surface area contributed by atoms with E-state index in [0.29, 0.717) is 10.4 Å². The van der Waals surface area contributed by atoms with Crippen molar-refractivity contribution in [3.63, 3.8) is 0 Å². The molecule has 0 saturated heterocycles. The third-order valence-electron chi connectivity index (χ3n) is 3.86. The van der Waals surface area contributed by atoms with Crippen LogP contribution in [-0.2, 0) is 10.0 Å². The minimum atomic E-state index is -3.88. The van der Waals surface area contributed by atoms with Crippen LogP contribution in [0.15, 0.2) is 59.5 Å². The zero-order valence-corrected chi connectivity index (χ0v) is 15.8. The minimum absolute atomic E-state index is 0.0429. The number of carboxylic acids is 1. The lowest BCUT2D eigenvalue weighted by atomic mass is 10.1. The Balaban J connectivity index is 2.05. The summed E-state index contributed by atoms with van der Waals surface area (Å²) in [4.78, 5) is 12.4. The number of nitrogens with one attached hydrogen (secondary N) is 1. The number of aromatic carboxylic acids is 1. The average Bonchev–Trinajstić information content (AvgIpc) is 2.98. The number of carbonyl (C=O) groups is 1. The fourth-order valence-electron chi connectivity index (χ4n) is 2.62. The van der Waals surface area contributed by atoms with E-state index in [0.717, 1.165) is 22.5 Å². The number of anilines is 1. The number of carboxylic acid groups (broad SMARTS) is 1. The van der Waals surface area contributed by atoms with Crippen molar-refractivity contribution >= 4 is 33.0 Å². The summed E-state index contributed by atoms with van der Waals surface area (Å²) >= 11 is 1.04. The maximum absolute atomic E-state index is 12.7. The molecule has 134 valence electrons. The molecule has 5 nitrogen and oxygen atoms in total. The molecule has 0 bridgehead atoms. The van der Waals surface area contributed by atoms with Crippen molar-refractivity contribution in [3.8, 4) is 10.4 Å². The maximum Gasteiger partial charge on any atom is 0.348 e. The van der Waals surface area contributed by atoms with Crippen molar-refractivity contribution in [2.45, 2.75) is 18.7 Å². The van der Waals surface area contributed by atoms with Gasteiger partial charge in [0.25, 0.3) is 10.0 Å². The molecule has 1 heterocycles. The summed E-state index contributed by atoms with van der Waals surface area (Å²) in [5.41, 5.74) is 2.54. The van der Waals surface area contributed by atoms with Crippen LogP contribution in [0.3, 0.4) is 0 Å². The van der Waals surface area contributed by atoms with Gasteiger partial charge < -0.3 is 5.11 Å². The smallest absolute Gasteiger partial charge is 0.348 e. The lowest BCUT2D eigenvalue weighted by molar-refractivity contribution is 0.0703. The number of benzene rings is 2. The number of hydrogen-bond acceptors (Lipinski definition) is 4. The van der Waals surface area contributed by atoms with Crippen molar-refractivity contribution < 1.29 is 18.3 Å². The highest BCUT2D eigenvalue weighted by atomic mass is 32.2. The predicted molar refractivity (Wildman–Crippen MR) is 103 cm³/mol. The van der Waals surface area contributed by atoms with E-state index in [1.807, 2.05) is 31.2 Å².